The van der Waals surface area contributed by atoms with Gasteiger partial charge in [-0.05, 0) is 36.5 Å². The molecule has 1 unspecified atom stereocenters. The van der Waals surface area contributed by atoms with Crippen molar-refractivity contribution in [3.8, 4) is 0 Å². The number of carbonyl (C=O) groups excluding carboxylic acids is 1. The van der Waals surface area contributed by atoms with Gasteiger partial charge in [-0.15, -0.1) is 0 Å². The van der Waals surface area contributed by atoms with Crippen molar-refractivity contribution in [3.63, 3.8) is 0 Å². The van der Waals surface area contributed by atoms with Gasteiger partial charge in [0.2, 0.25) is 0 Å². The third kappa shape index (κ3) is 5.30. The van der Waals surface area contributed by atoms with Crippen LogP contribution in [0.15, 0.2) is 24.3 Å². The second kappa shape index (κ2) is 7.53. The maximum atomic E-state index is 11.8. The van der Waals surface area contributed by atoms with Gasteiger partial charge in [-0.2, -0.15) is 0 Å². The van der Waals surface area contributed by atoms with Gasteiger partial charge >= 0.3 is 12.0 Å². The van der Waals surface area contributed by atoms with Crippen molar-refractivity contribution < 1.29 is 14.7 Å². The number of aryl methyl sites for hydroxylation is 1. The van der Waals surface area contributed by atoms with Crippen LogP contribution in [-0.4, -0.2) is 23.1 Å². The summed E-state index contributed by atoms with van der Waals surface area (Å²) in [5.41, 5.74) is 1.83. The molecule has 0 heterocycles. The highest BCUT2D eigenvalue weighted by molar-refractivity contribution is 5.92. The number of hydrogen-bond donors (Lipinski definition) is 3. The molecule has 5 heteroatoms. The Hall–Kier alpha value is -2.04. The fourth-order valence-corrected chi connectivity index (χ4v) is 1.84. The van der Waals surface area contributed by atoms with Gasteiger partial charge in [-0.1, -0.05) is 32.9 Å². The highest BCUT2D eigenvalue weighted by atomic mass is 16.4. The molecule has 2 amide bonds. The van der Waals surface area contributed by atoms with E-state index in [9.17, 15) is 9.59 Å². The quantitative estimate of drug-likeness (QED) is 0.748. The molecule has 5 nitrogen and oxygen atoms in total. The number of nitrogens with one attached hydrogen (secondary N) is 2. The summed E-state index contributed by atoms with van der Waals surface area (Å²) in [6, 6.07) is 6.09. The number of urea groups is 1. The summed E-state index contributed by atoms with van der Waals surface area (Å²) in [6.45, 7) is 5.89. The number of carboxylic acids is 1. The Morgan fingerprint density at radius 1 is 1.20 bits per heavy atom. The summed E-state index contributed by atoms with van der Waals surface area (Å²) in [4.78, 5) is 22.8. The van der Waals surface area contributed by atoms with Gasteiger partial charge in [0.25, 0.3) is 0 Å². The van der Waals surface area contributed by atoms with E-state index in [2.05, 4.69) is 17.6 Å². The summed E-state index contributed by atoms with van der Waals surface area (Å²) < 4.78 is 0. The van der Waals surface area contributed by atoms with Crippen molar-refractivity contribution in [2.45, 2.75) is 39.7 Å². The molecule has 0 fully saturated rings. The van der Waals surface area contributed by atoms with Crippen LogP contribution in [-0.2, 0) is 11.2 Å². The minimum atomic E-state index is -1.02. The molecule has 20 heavy (non-hydrogen) atoms. The number of aliphatic carboxylic acids is 1. The summed E-state index contributed by atoms with van der Waals surface area (Å²) in [5, 5.41) is 14.2. The van der Waals surface area contributed by atoms with Crippen molar-refractivity contribution in [2.24, 2.45) is 5.92 Å². The lowest BCUT2D eigenvalue weighted by Gasteiger charge is -2.17. The number of amides is 2. The fraction of sp³-hybridized carbons (Fsp3) is 0.467. The van der Waals surface area contributed by atoms with Crippen LogP contribution in [0.5, 0.6) is 0 Å². The lowest BCUT2D eigenvalue weighted by molar-refractivity contribution is -0.139. The van der Waals surface area contributed by atoms with Crippen LogP contribution in [0.25, 0.3) is 0 Å². The standard InChI is InChI=1S/C15H22N2O3/c1-4-11-5-7-12(8-6-11)16-15(20)17-13(14(18)19)9-10(2)3/h5-8,10,13H,4,9H2,1-3H3,(H,18,19)(H2,16,17,20). The molecule has 0 aliphatic rings. The van der Waals surface area contributed by atoms with Crippen LogP contribution in [0.1, 0.15) is 32.8 Å². The van der Waals surface area contributed by atoms with Gasteiger partial charge in [0.1, 0.15) is 6.04 Å². The summed E-state index contributed by atoms with van der Waals surface area (Å²) in [7, 11) is 0. The molecule has 1 aromatic rings. The Labute approximate surface area is 119 Å². The summed E-state index contributed by atoms with van der Waals surface area (Å²) in [6.07, 6.45) is 1.33. The number of carboxylic acid groups (broad SMARTS) is 1. The number of carbonyl (C=O) groups is 2. The first kappa shape index (κ1) is 16.0. The summed E-state index contributed by atoms with van der Waals surface area (Å²) >= 11 is 0. The van der Waals surface area contributed by atoms with Crippen LogP contribution >= 0.6 is 0 Å². The van der Waals surface area contributed by atoms with E-state index < -0.39 is 18.0 Å². The molecule has 1 aromatic carbocycles. The van der Waals surface area contributed by atoms with Gasteiger partial charge in [0, 0.05) is 5.69 Å². The van der Waals surface area contributed by atoms with Crippen molar-refractivity contribution in [1.82, 2.24) is 5.32 Å². The molecule has 0 bridgehead atoms. The van der Waals surface area contributed by atoms with Gasteiger partial charge in [0.15, 0.2) is 0 Å². The topological polar surface area (TPSA) is 78.4 Å². The monoisotopic (exact) mass is 278 g/mol. The highest BCUT2D eigenvalue weighted by Gasteiger charge is 2.20. The SMILES string of the molecule is CCc1ccc(NC(=O)NC(CC(C)C)C(=O)O)cc1. The Bertz CT molecular complexity index is 455. The first-order valence-corrected chi connectivity index (χ1v) is 6.81. The van der Waals surface area contributed by atoms with E-state index in [0.29, 0.717) is 12.1 Å². The van der Waals surface area contributed by atoms with Crippen LogP contribution in [0.2, 0.25) is 0 Å². The zero-order chi connectivity index (χ0) is 15.1. The third-order valence-corrected chi connectivity index (χ3v) is 2.93. The lowest BCUT2D eigenvalue weighted by Crippen LogP contribution is -2.43. The van der Waals surface area contributed by atoms with Crippen molar-refractivity contribution in [3.05, 3.63) is 29.8 Å². The Balaban J connectivity index is 2.58. The molecule has 0 radical (unpaired) electrons. The second-order valence-electron chi connectivity index (χ2n) is 5.17. The molecule has 1 rings (SSSR count). The number of anilines is 1. The molecular formula is C15H22N2O3. The van der Waals surface area contributed by atoms with E-state index in [1.54, 1.807) is 12.1 Å². The summed E-state index contributed by atoms with van der Waals surface area (Å²) in [5.74, 6) is -0.824. The smallest absolute Gasteiger partial charge is 0.326 e. The molecule has 0 saturated heterocycles. The van der Waals surface area contributed by atoms with E-state index >= 15 is 0 Å². The van der Waals surface area contributed by atoms with Crippen LogP contribution in [0.3, 0.4) is 0 Å². The largest absolute Gasteiger partial charge is 0.480 e. The van der Waals surface area contributed by atoms with E-state index in [1.807, 2.05) is 26.0 Å². The van der Waals surface area contributed by atoms with E-state index in [-0.39, 0.29) is 5.92 Å². The number of hydrogen-bond acceptors (Lipinski definition) is 2. The minimum absolute atomic E-state index is 0.195. The minimum Gasteiger partial charge on any atom is -0.480 e. The molecule has 110 valence electrons. The van der Waals surface area contributed by atoms with Crippen molar-refractivity contribution in [1.29, 1.82) is 0 Å². The third-order valence-electron chi connectivity index (χ3n) is 2.93. The zero-order valence-electron chi connectivity index (χ0n) is 12.1. The van der Waals surface area contributed by atoms with E-state index in [0.717, 1.165) is 6.42 Å². The Morgan fingerprint density at radius 2 is 1.80 bits per heavy atom. The van der Waals surface area contributed by atoms with Gasteiger partial charge < -0.3 is 15.7 Å². The van der Waals surface area contributed by atoms with Gasteiger partial charge in [-0.25, -0.2) is 9.59 Å². The van der Waals surface area contributed by atoms with Crippen LogP contribution in [0.4, 0.5) is 10.5 Å². The molecule has 0 aliphatic carbocycles. The maximum absolute atomic E-state index is 11.8. The molecule has 0 aliphatic heterocycles. The van der Waals surface area contributed by atoms with Gasteiger partial charge in [0.05, 0.1) is 0 Å². The van der Waals surface area contributed by atoms with E-state index in [1.165, 1.54) is 5.56 Å². The fourth-order valence-electron chi connectivity index (χ4n) is 1.84. The highest BCUT2D eigenvalue weighted by Crippen LogP contribution is 2.10. The maximum Gasteiger partial charge on any atom is 0.326 e. The molecular weight excluding hydrogens is 256 g/mol. The van der Waals surface area contributed by atoms with Crippen molar-refractivity contribution in [2.75, 3.05) is 5.32 Å². The molecule has 1 atom stereocenters. The van der Waals surface area contributed by atoms with Crippen LogP contribution < -0.4 is 10.6 Å². The van der Waals surface area contributed by atoms with Gasteiger partial charge in [-0.3, -0.25) is 0 Å². The van der Waals surface area contributed by atoms with Crippen LogP contribution in [0, 0.1) is 5.92 Å². The molecule has 0 aromatic heterocycles. The second-order valence-corrected chi connectivity index (χ2v) is 5.17. The normalized spacial score (nSPS) is 12.0. The average molecular weight is 278 g/mol. The molecule has 0 spiro atoms. The first-order chi connectivity index (χ1) is 9.42. The first-order valence-electron chi connectivity index (χ1n) is 6.81. The number of rotatable bonds is 6. The van der Waals surface area contributed by atoms with E-state index in [4.69, 9.17) is 5.11 Å². The number of benzene rings is 1. The Kier molecular flexibility index (Phi) is 6.03. The zero-order valence-corrected chi connectivity index (χ0v) is 12.1. The molecule has 0 saturated carbocycles. The molecule has 3 N–H and O–H groups in total. The Morgan fingerprint density at radius 3 is 2.25 bits per heavy atom. The van der Waals surface area contributed by atoms with Crippen molar-refractivity contribution >= 4 is 17.7 Å². The predicted octanol–water partition coefficient (Wildman–Crippen LogP) is 2.87. The lowest BCUT2D eigenvalue weighted by atomic mass is 10.0. The predicted molar refractivity (Wildman–Crippen MR) is 78.9 cm³/mol. The average Bonchev–Trinajstić information content (AvgIpc) is 2.38.